The maximum atomic E-state index is 13.5. The highest BCUT2D eigenvalue weighted by Gasteiger charge is 2.70. The van der Waals surface area contributed by atoms with Crippen molar-refractivity contribution in [3.05, 3.63) is 23.8 Å². The highest BCUT2D eigenvalue weighted by atomic mass is 16.6. The predicted molar refractivity (Wildman–Crippen MR) is 121 cm³/mol. The molecular formula is C25H38O9. The first-order valence-electron chi connectivity index (χ1n) is 12.0. The van der Waals surface area contributed by atoms with Gasteiger partial charge in [0.25, 0.3) is 0 Å². The first-order valence-corrected chi connectivity index (χ1v) is 12.0. The topological polar surface area (TPSA) is 124 Å². The molecule has 1 spiro atoms. The molecule has 1 saturated carbocycles. The van der Waals surface area contributed by atoms with Gasteiger partial charge in [0, 0.05) is 50.9 Å². The molecule has 4 aliphatic rings. The lowest BCUT2D eigenvalue weighted by Crippen LogP contribution is -2.59. The Kier molecular flexibility index (Phi) is 7.55. The number of carbonyl (C=O) groups is 1. The van der Waals surface area contributed by atoms with Gasteiger partial charge >= 0.3 is 5.97 Å². The quantitative estimate of drug-likeness (QED) is 0.348. The Bertz CT molecular complexity index is 812. The maximum absolute atomic E-state index is 13.5. The van der Waals surface area contributed by atoms with E-state index < -0.39 is 59.8 Å². The van der Waals surface area contributed by atoms with E-state index in [-0.39, 0.29) is 37.6 Å². The Morgan fingerprint density at radius 3 is 2.44 bits per heavy atom. The average molecular weight is 483 g/mol. The standard InChI is InChI=1S/C25H38O9/c1-12-8-13(2)25-17(15(9-30-3)24(29)33-22(12)18(26)11-32-5)7-6-14-19(25)20(27)16(10-31-4)21(28)23(14)34-25/h6-8,12,14-23,26-28H,9-11H2,1-5H3/b13-8+/t12-,14-,15+,16-,17-,18+,19+,20-,21-,22+,23-,25-/m1/s1. The molecule has 1 saturated heterocycles. The van der Waals surface area contributed by atoms with E-state index >= 15 is 0 Å². The minimum Gasteiger partial charge on any atom is -0.459 e. The normalized spacial score (nSPS) is 48.1. The summed E-state index contributed by atoms with van der Waals surface area (Å²) in [6.07, 6.45) is 1.68. The minimum atomic E-state index is -1.04. The number of esters is 1. The van der Waals surface area contributed by atoms with Crippen LogP contribution >= 0.6 is 0 Å². The number of rotatable bonds is 7. The van der Waals surface area contributed by atoms with E-state index in [1.807, 2.05) is 32.1 Å². The summed E-state index contributed by atoms with van der Waals surface area (Å²) in [5.74, 6) is -3.18. The summed E-state index contributed by atoms with van der Waals surface area (Å²) in [7, 11) is 4.54. The molecule has 9 nitrogen and oxygen atoms in total. The summed E-state index contributed by atoms with van der Waals surface area (Å²) in [6.45, 7) is 4.11. The van der Waals surface area contributed by atoms with Crippen LogP contribution in [0, 0.1) is 35.5 Å². The molecule has 3 N–H and O–H groups in total. The van der Waals surface area contributed by atoms with Gasteiger partial charge in [0.15, 0.2) is 0 Å². The number of hydrogen-bond acceptors (Lipinski definition) is 9. The van der Waals surface area contributed by atoms with Crippen molar-refractivity contribution in [1.29, 1.82) is 0 Å². The Labute approximate surface area is 200 Å². The SMILES string of the molecule is COC[C@H]1[C@@H](O)[C@@H]2O[C@]34/C(C)=C/[C@@H](C)[C@@H]([C@@H](O)COC)OC(=O)[C@@H](COC)[C@H]3C=C[C@@H]2[C@H]4[C@@H]1O. The monoisotopic (exact) mass is 482 g/mol. The first kappa shape index (κ1) is 25.8. The number of aliphatic hydroxyl groups is 3. The van der Waals surface area contributed by atoms with E-state index in [9.17, 15) is 20.1 Å². The molecule has 12 atom stereocenters. The summed E-state index contributed by atoms with van der Waals surface area (Å²) in [4.78, 5) is 13.5. The van der Waals surface area contributed by atoms with Crippen molar-refractivity contribution in [1.82, 2.24) is 0 Å². The molecule has 34 heavy (non-hydrogen) atoms. The third-order valence-corrected chi connectivity index (χ3v) is 8.30. The number of methoxy groups -OCH3 is 3. The smallest absolute Gasteiger partial charge is 0.312 e. The Hall–Kier alpha value is -1.33. The second kappa shape index (κ2) is 9.97. The molecular weight excluding hydrogens is 444 g/mol. The zero-order valence-corrected chi connectivity index (χ0v) is 20.5. The molecule has 0 aromatic rings. The molecule has 2 fully saturated rings. The zero-order valence-electron chi connectivity index (χ0n) is 20.5. The zero-order chi connectivity index (χ0) is 24.8. The molecule has 2 aliphatic carbocycles. The van der Waals surface area contributed by atoms with Crippen LogP contribution in [0.2, 0.25) is 0 Å². The van der Waals surface area contributed by atoms with Gasteiger partial charge in [-0.2, -0.15) is 0 Å². The highest BCUT2D eigenvalue weighted by molar-refractivity contribution is 5.74. The van der Waals surface area contributed by atoms with E-state index in [1.165, 1.54) is 14.2 Å². The number of carbonyl (C=O) groups excluding carboxylic acids is 1. The second-order valence-corrected chi connectivity index (χ2v) is 10.2. The van der Waals surface area contributed by atoms with Crippen LogP contribution in [0.25, 0.3) is 0 Å². The van der Waals surface area contributed by atoms with Crippen LogP contribution in [0.5, 0.6) is 0 Å². The molecule has 2 aliphatic heterocycles. The summed E-state index contributed by atoms with van der Waals surface area (Å²) >= 11 is 0. The van der Waals surface area contributed by atoms with Crippen molar-refractivity contribution in [2.45, 2.75) is 50.0 Å². The van der Waals surface area contributed by atoms with Crippen molar-refractivity contribution in [3.63, 3.8) is 0 Å². The van der Waals surface area contributed by atoms with Crippen LogP contribution in [0.4, 0.5) is 0 Å². The molecule has 192 valence electrons. The lowest BCUT2D eigenvalue weighted by molar-refractivity contribution is -0.173. The van der Waals surface area contributed by atoms with Gasteiger partial charge in [-0.15, -0.1) is 0 Å². The van der Waals surface area contributed by atoms with Gasteiger partial charge in [-0.3, -0.25) is 4.79 Å². The summed E-state index contributed by atoms with van der Waals surface area (Å²) < 4.78 is 28.5. The fourth-order valence-electron chi connectivity index (χ4n) is 6.87. The molecule has 2 heterocycles. The summed E-state index contributed by atoms with van der Waals surface area (Å²) in [6, 6.07) is 0. The largest absolute Gasteiger partial charge is 0.459 e. The van der Waals surface area contributed by atoms with Crippen molar-refractivity contribution >= 4 is 5.97 Å². The number of aliphatic hydroxyl groups excluding tert-OH is 3. The number of cyclic esters (lactones) is 1. The van der Waals surface area contributed by atoms with Gasteiger partial charge in [0.1, 0.15) is 17.8 Å². The van der Waals surface area contributed by atoms with Crippen LogP contribution in [0.3, 0.4) is 0 Å². The van der Waals surface area contributed by atoms with Gasteiger partial charge in [0.2, 0.25) is 0 Å². The summed E-state index contributed by atoms with van der Waals surface area (Å²) in [5.41, 5.74) is -0.199. The highest BCUT2D eigenvalue weighted by Crippen LogP contribution is 2.61. The third-order valence-electron chi connectivity index (χ3n) is 8.30. The average Bonchev–Trinajstić information content (AvgIpc) is 3.00. The predicted octanol–water partition coefficient (Wildman–Crippen LogP) is 0.318. The number of ether oxygens (including phenoxy) is 5. The molecule has 4 rings (SSSR count). The van der Waals surface area contributed by atoms with Crippen molar-refractivity contribution in [3.8, 4) is 0 Å². The minimum absolute atomic E-state index is 0.0193. The third kappa shape index (κ3) is 3.86. The van der Waals surface area contributed by atoms with Gasteiger partial charge in [-0.25, -0.2) is 0 Å². The van der Waals surface area contributed by atoms with Gasteiger partial charge in [-0.1, -0.05) is 25.2 Å². The van der Waals surface area contributed by atoms with Gasteiger partial charge < -0.3 is 39.0 Å². The molecule has 0 aromatic carbocycles. The molecule has 0 unspecified atom stereocenters. The van der Waals surface area contributed by atoms with Crippen LogP contribution < -0.4 is 0 Å². The van der Waals surface area contributed by atoms with Gasteiger partial charge in [0.05, 0.1) is 44.1 Å². The van der Waals surface area contributed by atoms with E-state index in [0.717, 1.165) is 5.57 Å². The second-order valence-electron chi connectivity index (χ2n) is 10.2. The molecule has 0 amide bonds. The molecule has 9 heteroatoms. The lowest BCUT2D eigenvalue weighted by Gasteiger charge is -2.49. The van der Waals surface area contributed by atoms with Gasteiger partial charge in [-0.05, 0) is 12.5 Å². The van der Waals surface area contributed by atoms with E-state index in [2.05, 4.69) is 0 Å². The Morgan fingerprint density at radius 2 is 1.79 bits per heavy atom. The van der Waals surface area contributed by atoms with E-state index in [1.54, 1.807) is 7.11 Å². The molecule has 0 aromatic heterocycles. The molecule has 0 radical (unpaired) electrons. The summed E-state index contributed by atoms with van der Waals surface area (Å²) in [5, 5.41) is 33.3. The lowest BCUT2D eigenvalue weighted by atomic mass is 9.56. The van der Waals surface area contributed by atoms with Crippen LogP contribution in [-0.4, -0.2) is 98.6 Å². The number of hydrogen-bond donors (Lipinski definition) is 3. The van der Waals surface area contributed by atoms with E-state index in [0.29, 0.717) is 0 Å². The Morgan fingerprint density at radius 1 is 1.09 bits per heavy atom. The van der Waals surface area contributed by atoms with Crippen LogP contribution in [-0.2, 0) is 28.5 Å². The van der Waals surface area contributed by atoms with Crippen molar-refractivity contribution < 1.29 is 43.8 Å². The van der Waals surface area contributed by atoms with E-state index in [4.69, 9.17) is 23.7 Å². The fraction of sp³-hybridized carbons (Fsp3) is 0.800. The Balaban J connectivity index is 1.85. The maximum Gasteiger partial charge on any atom is 0.312 e. The van der Waals surface area contributed by atoms with Crippen LogP contribution in [0.15, 0.2) is 23.8 Å². The van der Waals surface area contributed by atoms with Crippen LogP contribution in [0.1, 0.15) is 13.8 Å². The van der Waals surface area contributed by atoms with Crippen molar-refractivity contribution in [2.75, 3.05) is 41.2 Å². The van der Waals surface area contributed by atoms with Crippen molar-refractivity contribution in [2.24, 2.45) is 35.5 Å². The fourth-order valence-corrected chi connectivity index (χ4v) is 6.87. The molecule has 4 bridgehead atoms. The first-order chi connectivity index (χ1) is 16.2.